The molecule has 1 N–H and O–H groups in total. The number of H-pyrrole nitrogens is 1. The molecule has 0 aliphatic carbocycles. The lowest BCUT2D eigenvalue weighted by molar-refractivity contribution is 0.194. The van der Waals surface area contributed by atoms with Crippen molar-refractivity contribution in [3.63, 3.8) is 0 Å². The number of hydrogen-bond donors (Lipinski definition) is 1. The van der Waals surface area contributed by atoms with Crippen LogP contribution < -0.4 is 10.3 Å². The largest absolute Gasteiger partial charge is 0.497 e. The molecule has 0 saturated heterocycles. The Morgan fingerprint density at radius 1 is 1.00 bits per heavy atom. The molecule has 1 atom stereocenters. The summed E-state index contributed by atoms with van der Waals surface area (Å²) in [5.74, 6) is 1.38. The van der Waals surface area contributed by atoms with Crippen LogP contribution in [-0.2, 0) is 19.5 Å². The van der Waals surface area contributed by atoms with Crippen LogP contribution in [0.25, 0.3) is 10.9 Å². The second-order valence-electron chi connectivity index (χ2n) is 9.08. The molecule has 8 heteroatoms. The maximum absolute atomic E-state index is 13.5. The molecule has 3 heterocycles. The lowest BCUT2D eigenvalue weighted by Crippen LogP contribution is -2.38. The first-order valence-corrected chi connectivity index (χ1v) is 12.0. The number of hydrogen-bond acceptors (Lipinski definition) is 6. The van der Waals surface area contributed by atoms with Gasteiger partial charge in [-0.15, -0.1) is 5.10 Å². The zero-order valence-electron chi connectivity index (χ0n) is 20.0. The molecule has 36 heavy (non-hydrogen) atoms. The number of tetrazole rings is 1. The fourth-order valence-corrected chi connectivity index (χ4v) is 5.05. The van der Waals surface area contributed by atoms with Crippen LogP contribution in [0.15, 0.2) is 83.7 Å². The van der Waals surface area contributed by atoms with Crippen LogP contribution in [0.4, 0.5) is 0 Å². The van der Waals surface area contributed by atoms with Crippen LogP contribution in [0.5, 0.6) is 5.75 Å². The Morgan fingerprint density at radius 3 is 2.64 bits per heavy atom. The number of nitrogens with zero attached hydrogens (tertiary/aromatic N) is 5. The number of ether oxygens (including phenoxy) is 1. The minimum absolute atomic E-state index is 0.147. The third kappa shape index (κ3) is 4.16. The summed E-state index contributed by atoms with van der Waals surface area (Å²) < 4.78 is 7.23. The number of fused-ring (bicyclic) bond motifs is 2. The SMILES string of the molecule is COc1ccc2[nH]c(=O)c([C@H](c3nnnn3Cc3ccccc3)N3CCc4ccccc4C3)cc2c1. The molecule has 1 aliphatic heterocycles. The molecule has 0 bridgehead atoms. The van der Waals surface area contributed by atoms with Gasteiger partial charge in [-0.2, -0.15) is 0 Å². The van der Waals surface area contributed by atoms with Crippen LogP contribution in [-0.4, -0.2) is 43.7 Å². The Labute approximate surface area is 208 Å². The summed E-state index contributed by atoms with van der Waals surface area (Å²) in [5.41, 5.74) is 4.91. The van der Waals surface area contributed by atoms with Crippen molar-refractivity contribution in [3.8, 4) is 5.75 Å². The van der Waals surface area contributed by atoms with Gasteiger partial charge in [0.1, 0.15) is 11.8 Å². The van der Waals surface area contributed by atoms with Crippen molar-refractivity contribution in [2.45, 2.75) is 25.6 Å². The van der Waals surface area contributed by atoms with Crippen LogP contribution in [0.1, 0.15) is 34.1 Å². The average molecular weight is 479 g/mol. The first-order chi connectivity index (χ1) is 17.7. The zero-order valence-corrected chi connectivity index (χ0v) is 20.0. The smallest absolute Gasteiger partial charge is 0.253 e. The Balaban J connectivity index is 1.49. The van der Waals surface area contributed by atoms with Crippen molar-refractivity contribution in [1.82, 2.24) is 30.1 Å². The van der Waals surface area contributed by atoms with E-state index < -0.39 is 6.04 Å². The number of methoxy groups -OCH3 is 1. The Bertz CT molecular complexity index is 1580. The van der Waals surface area contributed by atoms with Gasteiger partial charge in [0.25, 0.3) is 5.56 Å². The van der Waals surface area contributed by atoms with E-state index in [-0.39, 0.29) is 5.56 Å². The van der Waals surface area contributed by atoms with E-state index in [1.807, 2.05) is 54.6 Å². The van der Waals surface area contributed by atoms with Crippen molar-refractivity contribution in [1.29, 1.82) is 0 Å². The highest BCUT2D eigenvalue weighted by Gasteiger charge is 2.32. The molecule has 5 aromatic rings. The van der Waals surface area contributed by atoms with E-state index in [0.29, 0.717) is 24.5 Å². The molecule has 0 saturated carbocycles. The van der Waals surface area contributed by atoms with Gasteiger partial charge in [0, 0.05) is 29.6 Å². The molecular weight excluding hydrogens is 452 g/mol. The standard InChI is InChI=1S/C28H26N6O2/c1-36-23-11-12-25-22(15-23)16-24(28(35)29-25)26(33-14-13-20-9-5-6-10-21(20)18-33)27-30-31-32-34(27)17-19-7-3-2-4-8-19/h2-12,15-16,26H,13-14,17-18H2,1H3,(H,29,35)/t26-/m1/s1. The van der Waals surface area contributed by atoms with Crippen LogP contribution in [0.2, 0.25) is 0 Å². The number of nitrogens with one attached hydrogen (secondary N) is 1. The summed E-state index contributed by atoms with van der Waals surface area (Å²) in [7, 11) is 1.64. The first-order valence-electron chi connectivity index (χ1n) is 12.0. The van der Waals surface area contributed by atoms with Gasteiger partial charge in [-0.3, -0.25) is 9.69 Å². The normalized spacial score (nSPS) is 14.5. The van der Waals surface area contributed by atoms with Crippen molar-refractivity contribution in [3.05, 3.63) is 117 Å². The maximum atomic E-state index is 13.5. The number of rotatable bonds is 6. The predicted molar refractivity (Wildman–Crippen MR) is 137 cm³/mol. The third-order valence-corrected chi connectivity index (χ3v) is 6.88. The second-order valence-corrected chi connectivity index (χ2v) is 9.08. The molecular formula is C28H26N6O2. The third-order valence-electron chi connectivity index (χ3n) is 6.88. The number of aromatic amines is 1. The van der Waals surface area contributed by atoms with Gasteiger partial charge in [0.05, 0.1) is 13.7 Å². The molecule has 2 aromatic heterocycles. The molecule has 0 fully saturated rings. The molecule has 180 valence electrons. The highest BCUT2D eigenvalue weighted by atomic mass is 16.5. The van der Waals surface area contributed by atoms with Gasteiger partial charge in [0.2, 0.25) is 0 Å². The minimum Gasteiger partial charge on any atom is -0.497 e. The molecule has 0 radical (unpaired) electrons. The summed E-state index contributed by atoms with van der Waals surface area (Å²) in [6.07, 6.45) is 0.895. The molecule has 0 amide bonds. The number of benzene rings is 3. The van der Waals surface area contributed by atoms with E-state index in [9.17, 15) is 4.79 Å². The summed E-state index contributed by atoms with van der Waals surface area (Å²) in [6, 6.07) is 25.7. The van der Waals surface area contributed by atoms with Gasteiger partial charge in [0.15, 0.2) is 5.82 Å². The predicted octanol–water partition coefficient (Wildman–Crippen LogP) is 3.72. The molecule has 8 nitrogen and oxygen atoms in total. The quantitative estimate of drug-likeness (QED) is 0.400. The lowest BCUT2D eigenvalue weighted by atomic mass is 9.96. The molecule has 3 aromatic carbocycles. The van der Waals surface area contributed by atoms with E-state index in [4.69, 9.17) is 4.74 Å². The minimum atomic E-state index is -0.420. The van der Waals surface area contributed by atoms with Crippen molar-refractivity contribution < 1.29 is 4.74 Å². The van der Waals surface area contributed by atoms with E-state index in [0.717, 1.165) is 35.2 Å². The van der Waals surface area contributed by atoms with Gasteiger partial charge in [-0.05, 0) is 57.8 Å². The molecule has 6 rings (SSSR count). The molecule has 1 aliphatic rings. The highest BCUT2D eigenvalue weighted by Crippen LogP contribution is 2.32. The van der Waals surface area contributed by atoms with Gasteiger partial charge in [-0.1, -0.05) is 54.6 Å². The second kappa shape index (κ2) is 9.39. The zero-order chi connectivity index (χ0) is 24.5. The summed E-state index contributed by atoms with van der Waals surface area (Å²) in [5, 5.41) is 13.7. The van der Waals surface area contributed by atoms with Crippen molar-refractivity contribution in [2.24, 2.45) is 0 Å². The van der Waals surface area contributed by atoms with Crippen LogP contribution in [0.3, 0.4) is 0 Å². The lowest BCUT2D eigenvalue weighted by Gasteiger charge is -2.34. The Kier molecular flexibility index (Phi) is 5.79. The van der Waals surface area contributed by atoms with Gasteiger partial charge >= 0.3 is 0 Å². The molecule has 0 spiro atoms. The van der Waals surface area contributed by atoms with Gasteiger partial charge < -0.3 is 9.72 Å². The number of pyridine rings is 1. The summed E-state index contributed by atoms with van der Waals surface area (Å²) >= 11 is 0. The summed E-state index contributed by atoms with van der Waals surface area (Å²) in [4.78, 5) is 18.9. The van der Waals surface area contributed by atoms with Crippen LogP contribution >= 0.6 is 0 Å². The molecule has 0 unspecified atom stereocenters. The van der Waals surface area contributed by atoms with E-state index in [1.165, 1.54) is 11.1 Å². The summed E-state index contributed by atoms with van der Waals surface area (Å²) in [6.45, 7) is 2.01. The van der Waals surface area contributed by atoms with E-state index >= 15 is 0 Å². The Hall–Kier alpha value is -4.30. The fourth-order valence-electron chi connectivity index (χ4n) is 5.05. The van der Waals surface area contributed by atoms with E-state index in [2.05, 4.69) is 49.7 Å². The van der Waals surface area contributed by atoms with Gasteiger partial charge in [-0.25, -0.2) is 4.68 Å². The van der Waals surface area contributed by atoms with E-state index in [1.54, 1.807) is 11.8 Å². The average Bonchev–Trinajstić information content (AvgIpc) is 3.37. The van der Waals surface area contributed by atoms with Crippen LogP contribution in [0, 0.1) is 0 Å². The highest BCUT2D eigenvalue weighted by molar-refractivity contribution is 5.80. The number of aromatic nitrogens is 5. The topological polar surface area (TPSA) is 88.9 Å². The van der Waals surface area contributed by atoms with Crippen molar-refractivity contribution in [2.75, 3.05) is 13.7 Å². The monoisotopic (exact) mass is 478 g/mol. The first kappa shape index (κ1) is 22.2. The fraction of sp³-hybridized carbons (Fsp3) is 0.214. The maximum Gasteiger partial charge on any atom is 0.253 e. The Morgan fingerprint density at radius 2 is 1.81 bits per heavy atom. The van der Waals surface area contributed by atoms with Crippen molar-refractivity contribution >= 4 is 10.9 Å².